The van der Waals surface area contributed by atoms with E-state index in [1.165, 1.54) is 73.6 Å². The number of hydrogen-bond donors (Lipinski definition) is 3. The largest absolute Gasteiger partial charge is 0.383 e. The summed E-state index contributed by atoms with van der Waals surface area (Å²) in [6.07, 6.45) is 4.75. The van der Waals surface area contributed by atoms with Crippen LogP contribution in [0.4, 0.5) is 17.1 Å². The Bertz CT molecular complexity index is 1700. The molecule has 8 rings (SSSR count). The van der Waals surface area contributed by atoms with Gasteiger partial charge in [-0.25, -0.2) is 0 Å². The fraction of sp³-hybridized carbons (Fsp3) is 0.135. The van der Waals surface area contributed by atoms with Crippen molar-refractivity contribution in [1.29, 1.82) is 0 Å². The van der Waals surface area contributed by atoms with Crippen molar-refractivity contribution in [3.8, 4) is 22.3 Å². The van der Waals surface area contributed by atoms with Gasteiger partial charge in [0.1, 0.15) is 0 Å². The molecule has 0 fully saturated rings. The fourth-order valence-electron chi connectivity index (χ4n) is 6.65. The molecule has 3 N–H and O–H groups in total. The third-order valence-electron chi connectivity index (χ3n) is 8.60. The zero-order valence-electron chi connectivity index (χ0n) is 22.3. The second-order valence-corrected chi connectivity index (χ2v) is 11.1. The van der Waals surface area contributed by atoms with Crippen LogP contribution in [0, 0.1) is 0 Å². The molecular weight excluding hydrogens is 486 g/mol. The first-order valence-corrected chi connectivity index (χ1v) is 14.3. The first-order valence-electron chi connectivity index (χ1n) is 14.3. The molecule has 5 aromatic carbocycles. The number of benzene rings is 5. The highest BCUT2D eigenvalue weighted by atomic mass is 15.0. The molecule has 2 unspecified atom stereocenters. The number of aryl methyl sites for hydroxylation is 1. The van der Waals surface area contributed by atoms with Crippen molar-refractivity contribution in [2.75, 3.05) is 22.5 Å². The summed E-state index contributed by atoms with van der Waals surface area (Å²) in [5, 5.41) is 11.6. The van der Waals surface area contributed by atoms with Crippen molar-refractivity contribution in [2.45, 2.75) is 24.9 Å². The summed E-state index contributed by atoms with van der Waals surface area (Å²) >= 11 is 0. The molecule has 0 saturated carbocycles. The van der Waals surface area contributed by atoms with Gasteiger partial charge in [-0.3, -0.25) is 0 Å². The Morgan fingerprint density at radius 1 is 0.575 bits per heavy atom. The highest BCUT2D eigenvalue weighted by Gasteiger charge is 2.36. The molecule has 0 aromatic heterocycles. The van der Waals surface area contributed by atoms with Crippen LogP contribution < -0.4 is 16.0 Å². The molecule has 2 atom stereocenters. The minimum Gasteiger partial charge on any atom is -0.383 e. The zero-order valence-corrected chi connectivity index (χ0v) is 22.3. The minimum atomic E-state index is 0.0377. The lowest BCUT2D eigenvalue weighted by Gasteiger charge is -2.41. The van der Waals surface area contributed by atoms with Gasteiger partial charge in [0.25, 0.3) is 0 Å². The molecule has 194 valence electrons. The molecule has 40 heavy (non-hydrogen) atoms. The molecular formula is C37H31N3. The van der Waals surface area contributed by atoms with Gasteiger partial charge < -0.3 is 16.0 Å². The third-order valence-corrected chi connectivity index (χ3v) is 8.60. The van der Waals surface area contributed by atoms with E-state index in [0.29, 0.717) is 0 Å². The van der Waals surface area contributed by atoms with Crippen LogP contribution in [0.5, 0.6) is 0 Å². The van der Waals surface area contributed by atoms with E-state index in [4.69, 9.17) is 0 Å². The van der Waals surface area contributed by atoms with Crippen LogP contribution in [0.3, 0.4) is 0 Å². The molecule has 5 aromatic rings. The number of rotatable bonds is 3. The van der Waals surface area contributed by atoms with E-state index in [9.17, 15) is 0 Å². The van der Waals surface area contributed by atoms with E-state index in [0.717, 1.165) is 13.0 Å². The predicted octanol–water partition coefficient (Wildman–Crippen LogP) is 9.10. The smallest absolute Gasteiger partial charge is 0.0774 e. The first-order chi connectivity index (χ1) is 19.8. The Balaban J connectivity index is 1.32. The van der Waals surface area contributed by atoms with E-state index < -0.39 is 0 Å². The van der Waals surface area contributed by atoms with E-state index in [1.54, 1.807) is 0 Å². The molecule has 3 nitrogen and oxygen atoms in total. The quantitative estimate of drug-likeness (QED) is 0.223. The number of para-hydroxylation sites is 1. The minimum absolute atomic E-state index is 0.0377. The maximum Gasteiger partial charge on any atom is 0.0774 e. The second-order valence-electron chi connectivity index (χ2n) is 11.1. The average Bonchev–Trinajstić information content (AvgIpc) is 3.04. The predicted molar refractivity (Wildman–Crippen MR) is 168 cm³/mol. The molecule has 0 spiro atoms. The Kier molecular flexibility index (Phi) is 5.48. The summed E-state index contributed by atoms with van der Waals surface area (Å²) in [6, 6.07) is 42.0. The highest BCUT2D eigenvalue weighted by molar-refractivity contribution is 5.88. The van der Waals surface area contributed by atoms with E-state index in [-0.39, 0.29) is 12.1 Å². The van der Waals surface area contributed by atoms with Gasteiger partial charge in [0.15, 0.2) is 0 Å². The summed E-state index contributed by atoms with van der Waals surface area (Å²) in [5.41, 5.74) is 15.2. The maximum atomic E-state index is 4.00. The SMILES string of the molecule is C1=C2C(c3cc(-c4ccccc4)cc(-c4ccccc4)c3)Nc3ccccc3C2Nc2c1ccc1c2NCCC1. The van der Waals surface area contributed by atoms with Gasteiger partial charge in [0.2, 0.25) is 0 Å². The van der Waals surface area contributed by atoms with Crippen molar-refractivity contribution in [3.05, 3.63) is 143 Å². The van der Waals surface area contributed by atoms with E-state index in [1.807, 2.05) is 0 Å². The van der Waals surface area contributed by atoms with Crippen LogP contribution in [0.2, 0.25) is 0 Å². The fourth-order valence-corrected chi connectivity index (χ4v) is 6.65. The van der Waals surface area contributed by atoms with Crippen LogP contribution in [0.1, 0.15) is 40.8 Å². The number of nitrogens with one attached hydrogen (secondary N) is 3. The second kappa shape index (κ2) is 9.46. The van der Waals surface area contributed by atoms with Gasteiger partial charge >= 0.3 is 0 Å². The monoisotopic (exact) mass is 517 g/mol. The Hall–Kier alpha value is -4.76. The molecule has 0 saturated heterocycles. The summed E-state index contributed by atoms with van der Waals surface area (Å²) in [6.45, 7) is 1.03. The summed E-state index contributed by atoms with van der Waals surface area (Å²) in [4.78, 5) is 0. The molecule has 0 amide bonds. The number of fused-ring (bicyclic) bond motifs is 6. The van der Waals surface area contributed by atoms with Crippen LogP contribution in [-0.2, 0) is 6.42 Å². The molecule has 3 aliphatic heterocycles. The van der Waals surface area contributed by atoms with Crippen molar-refractivity contribution < 1.29 is 0 Å². The number of anilines is 3. The molecule has 3 heteroatoms. The van der Waals surface area contributed by atoms with E-state index >= 15 is 0 Å². The van der Waals surface area contributed by atoms with Crippen molar-refractivity contribution in [1.82, 2.24) is 0 Å². The van der Waals surface area contributed by atoms with Crippen LogP contribution in [-0.4, -0.2) is 6.54 Å². The summed E-state index contributed by atoms with van der Waals surface area (Å²) in [7, 11) is 0. The topological polar surface area (TPSA) is 36.1 Å². The maximum absolute atomic E-state index is 4.00. The molecule has 0 radical (unpaired) electrons. The Morgan fingerprint density at radius 2 is 1.27 bits per heavy atom. The molecule has 0 bridgehead atoms. The lowest BCUT2D eigenvalue weighted by Crippen LogP contribution is -2.31. The third kappa shape index (κ3) is 3.89. The van der Waals surface area contributed by atoms with Gasteiger partial charge in [-0.15, -0.1) is 0 Å². The molecule has 3 aliphatic rings. The van der Waals surface area contributed by atoms with Gasteiger partial charge in [-0.2, -0.15) is 0 Å². The van der Waals surface area contributed by atoms with Gasteiger partial charge in [0, 0.05) is 17.8 Å². The van der Waals surface area contributed by atoms with Crippen molar-refractivity contribution >= 4 is 23.1 Å². The van der Waals surface area contributed by atoms with Gasteiger partial charge in [-0.1, -0.05) is 91.0 Å². The van der Waals surface area contributed by atoms with Crippen molar-refractivity contribution in [2.24, 2.45) is 0 Å². The molecule has 3 heterocycles. The first kappa shape index (κ1) is 23.2. The lowest BCUT2D eigenvalue weighted by atomic mass is 9.79. The highest BCUT2D eigenvalue weighted by Crippen LogP contribution is 2.51. The van der Waals surface area contributed by atoms with Crippen LogP contribution >= 0.6 is 0 Å². The Morgan fingerprint density at radius 3 is 2.02 bits per heavy atom. The Labute approximate surface area is 235 Å². The van der Waals surface area contributed by atoms with Crippen LogP contribution in [0.25, 0.3) is 28.3 Å². The summed E-state index contributed by atoms with van der Waals surface area (Å²) in [5.74, 6) is 0. The number of hydrogen-bond acceptors (Lipinski definition) is 3. The van der Waals surface area contributed by atoms with Gasteiger partial charge in [-0.05, 0) is 87.7 Å². The zero-order chi connectivity index (χ0) is 26.5. The van der Waals surface area contributed by atoms with Crippen LogP contribution in [0.15, 0.2) is 121 Å². The normalized spacial score (nSPS) is 18.4. The lowest BCUT2D eigenvalue weighted by molar-refractivity contribution is 0.750. The van der Waals surface area contributed by atoms with Crippen molar-refractivity contribution in [3.63, 3.8) is 0 Å². The summed E-state index contributed by atoms with van der Waals surface area (Å²) < 4.78 is 0. The van der Waals surface area contributed by atoms with E-state index in [2.05, 4.69) is 137 Å². The molecule has 0 aliphatic carbocycles. The van der Waals surface area contributed by atoms with Gasteiger partial charge in [0.05, 0.1) is 23.5 Å². The average molecular weight is 518 g/mol. The standard InChI is InChI=1S/C37H31N3/c1-3-10-24(11-4-1)28-20-29(25-12-5-2-6-13-25)22-30(21-28)34-32-23-27-18-17-26-14-9-19-38-35(26)36(27)40-37(32)31-15-7-8-16-33(31)39-34/h1-8,10-13,15-18,20-23,34,37-40H,9,14,19H2.